The van der Waals surface area contributed by atoms with Gasteiger partial charge in [0.1, 0.15) is 11.1 Å². The molecule has 2 aliphatic rings. The molecule has 3 heterocycles. The molecule has 1 amide bonds. The molecule has 2 aromatic rings. The van der Waals surface area contributed by atoms with Crippen molar-refractivity contribution in [2.75, 3.05) is 6.54 Å². The average molecular weight is 344 g/mol. The Morgan fingerprint density at radius 3 is 2.79 bits per heavy atom. The topological polar surface area (TPSA) is 51.7 Å². The van der Waals surface area contributed by atoms with E-state index in [-0.39, 0.29) is 18.1 Å². The lowest BCUT2D eigenvalue weighted by atomic mass is 10.0. The maximum atomic E-state index is 13.2. The zero-order valence-corrected chi connectivity index (χ0v) is 14.4. The first kappa shape index (κ1) is 15.4. The average Bonchev–Trinajstić information content (AvgIpc) is 3.15. The van der Waals surface area contributed by atoms with Gasteiger partial charge in [-0.2, -0.15) is 0 Å². The maximum absolute atomic E-state index is 13.2. The molecule has 5 nitrogen and oxygen atoms in total. The Labute approximate surface area is 145 Å². The summed E-state index contributed by atoms with van der Waals surface area (Å²) in [5, 5.41) is 2.97. The second-order valence-corrected chi connectivity index (χ2v) is 7.15. The second-order valence-electron chi connectivity index (χ2n) is 6.22. The third-order valence-electron chi connectivity index (χ3n) is 4.61. The second kappa shape index (κ2) is 6.43. The molecule has 0 unspecified atom stereocenters. The van der Waals surface area contributed by atoms with E-state index in [1.54, 1.807) is 17.5 Å². The highest BCUT2D eigenvalue weighted by Crippen LogP contribution is 2.37. The highest BCUT2D eigenvalue weighted by Gasteiger charge is 2.40. The molecule has 2 aliphatic heterocycles. The van der Waals surface area contributed by atoms with Crippen molar-refractivity contribution >= 4 is 17.2 Å². The van der Waals surface area contributed by atoms with Crippen LogP contribution in [-0.2, 0) is 4.79 Å². The number of para-hydroxylation sites is 2. The van der Waals surface area contributed by atoms with Gasteiger partial charge in [0, 0.05) is 18.1 Å². The van der Waals surface area contributed by atoms with E-state index in [0.29, 0.717) is 11.5 Å². The van der Waals surface area contributed by atoms with Crippen molar-refractivity contribution in [3.8, 4) is 11.5 Å². The molecule has 0 radical (unpaired) electrons. The molecule has 0 saturated carbocycles. The van der Waals surface area contributed by atoms with Crippen LogP contribution >= 0.6 is 11.3 Å². The SMILES string of the molecule is C[C@@H]1Oc2ccccc2O[C@H]1C(=O)N1CCCC[C@@H]1c1nccs1. The Bertz CT molecular complexity index is 719. The van der Waals surface area contributed by atoms with Crippen molar-refractivity contribution in [1.82, 2.24) is 9.88 Å². The summed E-state index contributed by atoms with van der Waals surface area (Å²) in [6.45, 7) is 2.64. The first-order valence-corrected chi connectivity index (χ1v) is 9.24. The van der Waals surface area contributed by atoms with E-state index in [0.717, 1.165) is 30.8 Å². The molecule has 0 spiro atoms. The minimum absolute atomic E-state index is 0.00287. The number of ether oxygens (including phenoxy) is 2. The molecule has 0 aliphatic carbocycles. The van der Waals surface area contributed by atoms with Crippen molar-refractivity contribution in [3.05, 3.63) is 40.8 Å². The fraction of sp³-hybridized carbons (Fsp3) is 0.444. The van der Waals surface area contributed by atoms with E-state index in [1.807, 2.05) is 41.5 Å². The number of hydrogen-bond donors (Lipinski definition) is 0. The number of rotatable bonds is 2. The third kappa shape index (κ3) is 2.75. The number of fused-ring (bicyclic) bond motifs is 1. The molecule has 3 atom stereocenters. The van der Waals surface area contributed by atoms with E-state index in [2.05, 4.69) is 4.98 Å². The van der Waals surface area contributed by atoms with Crippen LogP contribution in [-0.4, -0.2) is 34.5 Å². The van der Waals surface area contributed by atoms with Gasteiger partial charge in [0.2, 0.25) is 6.10 Å². The van der Waals surface area contributed by atoms with E-state index in [4.69, 9.17) is 9.47 Å². The zero-order valence-electron chi connectivity index (χ0n) is 13.6. The number of carbonyl (C=O) groups is 1. The summed E-state index contributed by atoms with van der Waals surface area (Å²) in [5.74, 6) is 1.33. The molecule has 126 valence electrons. The monoisotopic (exact) mass is 344 g/mol. The Kier molecular flexibility index (Phi) is 4.14. The van der Waals surface area contributed by atoms with Crippen molar-refractivity contribution in [2.24, 2.45) is 0 Å². The number of thiazole rings is 1. The number of benzene rings is 1. The molecule has 6 heteroatoms. The zero-order chi connectivity index (χ0) is 16.5. The quantitative estimate of drug-likeness (QED) is 0.837. The van der Waals surface area contributed by atoms with Gasteiger partial charge in [0.15, 0.2) is 11.5 Å². The number of nitrogens with zero attached hydrogens (tertiary/aromatic N) is 2. The van der Waals surface area contributed by atoms with Crippen LogP contribution in [0, 0.1) is 0 Å². The summed E-state index contributed by atoms with van der Waals surface area (Å²) in [5.41, 5.74) is 0. The summed E-state index contributed by atoms with van der Waals surface area (Å²) in [6, 6.07) is 7.56. The summed E-state index contributed by atoms with van der Waals surface area (Å²) in [4.78, 5) is 19.5. The number of piperidine rings is 1. The highest BCUT2D eigenvalue weighted by molar-refractivity contribution is 7.09. The molecule has 0 bridgehead atoms. The van der Waals surface area contributed by atoms with Crippen molar-refractivity contribution < 1.29 is 14.3 Å². The van der Waals surface area contributed by atoms with Gasteiger partial charge in [-0.15, -0.1) is 11.3 Å². The fourth-order valence-corrected chi connectivity index (χ4v) is 4.19. The van der Waals surface area contributed by atoms with Gasteiger partial charge >= 0.3 is 0 Å². The van der Waals surface area contributed by atoms with Gasteiger partial charge in [-0.05, 0) is 38.3 Å². The Hall–Kier alpha value is -2.08. The van der Waals surface area contributed by atoms with E-state index >= 15 is 0 Å². The van der Waals surface area contributed by atoms with Crippen molar-refractivity contribution in [3.63, 3.8) is 0 Å². The van der Waals surface area contributed by atoms with E-state index in [1.165, 1.54) is 0 Å². The Balaban J connectivity index is 1.58. The maximum Gasteiger partial charge on any atom is 0.268 e. The van der Waals surface area contributed by atoms with Crippen LogP contribution in [0.3, 0.4) is 0 Å². The first-order chi connectivity index (χ1) is 11.7. The minimum atomic E-state index is -0.611. The molecule has 4 rings (SSSR count). The standard InChI is InChI=1S/C18H20N2O3S/c1-12-16(23-15-8-3-2-7-14(15)22-12)18(21)20-10-5-4-6-13(20)17-19-9-11-24-17/h2-3,7-9,11-13,16H,4-6,10H2,1H3/t12-,13+,16+/m0/s1. The summed E-state index contributed by atoms with van der Waals surface area (Å²) >= 11 is 1.61. The van der Waals surface area contributed by atoms with E-state index < -0.39 is 6.10 Å². The predicted octanol–water partition coefficient (Wildman–Crippen LogP) is 3.43. The number of likely N-dealkylation sites (tertiary alicyclic amines) is 1. The molecule has 24 heavy (non-hydrogen) atoms. The largest absolute Gasteiger partial charge is 0.482 e. The number of aromatic nitrogens is 1. The third-order valence-corrected chi connectivity index (χ3v) is 5.48. The van der Waals surface area contributed by atoms with E-state index in [9.17, 15) is 4.79 Å². The Morgan fingerprint density at radius 2 is 2.04 bits per heavy atom. The molecule has 0 N–H and O–H groups in total. The van der Waals surface area contributed by atoms with Gasteiger partial charge in [0.05, 0.1) is 6.04 Å². The van der Waals surface area contributed by atoms with Crippen LogP contribution in [0.25, 0.3) is 0 Å². The summed E-state index contributed by atoms with van der Waals surface area (Å²) < 4.78 is 11.9. The predicted molar refractivity (Wildman–Crippen MR) is 91.4 cm³/mol. The van der Waals surface area contributed by atoms with Crippen LogP contribution < -0.4 is 9.47 Å². The fourth-order valence-electron chi connectivity index (χ4n) is 3.41. The lowest BCUT2D eigenvalue weighted by Crippen LogP contribution is -2.52. The van der Waals surface area contributed by atoms with Crippen molar-refractivity contribution in [1.29, 1.82) is 0 Å². The van der Waals surface area contributed by atoms with Crippen LogP contribution in [0.1, 0.15) is 37.2 Å². The molecular formula is C18H20N2O3S. The van der Waals surface area contributed by atoms with Gasteiger partial charge in [-0.25, -0.2) is 4.98 Å². The minimum Gasteiger partial charge on any atom is -0.482 e. The van der Waals surface area contributed by atoms with Crippen LogP contribution in [0.2, 0.25) is 0 Å². The van der Waals surface area contributed by atoms with Crippen molar-refractivity contribution in [2.45, 2.75) is 44.4 Å². The van der Waals surface area contributed by atoms with Crippen LogP contribution in [0.5, 0.6) is 11.5 Å². The molecule has 1 aromatic heterocycles. The highest BCUT2D eigenvalue weighted by atomic mass is 32.1. The number of hydrogen-bond acceptors (Lipinski definition) is 5. The van der Waals surface area contributed by atoms with Crippen LogP contribution in [0.4, 0.5) is 0 Å². The first-order valence-electron chi connectivity index (χ1n) is 8.36. The lowest BCUT2D eigenvalue weighted by Gasteiger charge is -2.39. The van der Waals surface area contributed by atoms with Gasteiger partial charge < -0.3 is 14.4 Å². The number of amides is 1. The molecular weight excluding hydrogens is 324 g/mol. The number of carbonyl (C=O) groups excluding carboxylic acids is 1. The molecule has 1 fully saturated rings. The lowest BCUT2D eigenvalue weighted by molar-refractivity contribution is -0.148. The summed E-state index contributed by atoms with van der Waals surface area (Å²) in [6.07, 6.45) is 3.97. The normalized spacial score (nSPS) is 26.2. The molecule has 1 aromatic carbocycles. The van der Waals surface area contributed by atoms with Gasteiger partial charge in [-0.1, -0.05) is 12.1 Å². The van der Waals surface area contributed by atoms with Crippen LogP contribution in [0.15, 0.2) is 35.8 Å². The Morgan fingerprint density at radius 1 is 1.25 bits per heavy atom. The summed E-state index contributed by atoms with van der Waals surface area (Å²) in [7, 11) is 0. The van der Waals surface area contributed by atoms with Gasteiger partial charge in [0.25, 0.3) is 5.91 Å². The van der Waals surface area contributed by atoms with Gasteiger partial charge in [-0.3, -0.25) is 4.79 Å². The smallest absolute Gasteiger partial charge is 0.268 e. The molecule has 1 saturated heterocycles.